The van der Waals surface area contributed by atoms with Crippen LogP contribution in [0.4, 0.5) is 0 Å². The molecule has 0 unspecified atom stereocenters. The van der Waals surface area contributed by atoms with Crippen LogP contribution in [0.2, 0.25) is 0 Å². The second kappa shape index (κ2) is 19.1. The molecule has 0 aliphatic rings. The average Bonchev–Trinajstić information content (AvgIpc) is 2.84. The van der Waals surface area contributed by atoms with Gasteiger partial charge >= 0.3 is 5.97 Å². The van der Waals surface area contributed by atoms with E-state index in [1.54, 1.807) is 0 Å². The first kappa shape index (κ1) is 30.9. The second-order valence-electron chi connectivity index (χ2n) is 9.56. The number of carboxylic acids is 1. The van der Waals surface area contributed by atoms with Crippen LogP contribution in [-0.2, 0) is 6.42 Å². The molecule has 6 heteroatoms. The van der Waals surface area contributed by atoms with Gasteiger partial charge in [-0.2, -0.15) is 0 Å². The van der Waals surface area contributed by atoms with Crippen LogP contribution in [0.25, 0.3) is 0 Å². The number of hydrogen-bond acceptors (Lipinski definition) is 5. The maximum atomic E-state index is 12.1. The molecular weight excluding hydrogens is 444 g/mol. The molecular formula is C29H50O6. The Labute approximate surface area is 213 Å². The van der Waals surface area contributed by atoms with Gasteiger partial charge in [-0.05, 0) is 25.7 Å². The van der Waals surface area contributed by atoms with Gasteiger partial charge in [0.05, 0.1) is 13.2 Å². The van der Waals surface area contributed by atoms with Crippen molar-refractivity contribution in [2.45, 2.75) is 130 Å². The summed E-state index contributed by atoms with van der Waals surface area (Å²) in [6.07, 6.45) is 17.5. The first-order valence-electron chi connectivity index (χ1n) is 14.1. The standard InChI is InChI=1S/C29H50O6/c1-4-7-10-13-14-17-20-23-24(29(32)33)25(30)26(31)28(35-22-19-16-12-9-6-3)27(23)34-21-18-15-11-8-5-2/h30-31H,4-22H2,1-3H3,(H,32,33). The molecule has 35 heavy (non-hydrogen) atoms. The minimum Gasteiger partial charge on any atom is -0.504 e. The molecule has 6 nitrogen and oxygen atoms in total. The van der Waals surface area contributed by atoms with Gasteiger partial charge in [-0.15, -0.1) is 0 Å². The van der Waals surface area contributed by atoms with Crippen molar-refractivity contribution in [3.63, 3.8) is 0 Å². The van der Waals surface area contributed by atoms with Crippen molar-refractivity contribution in [3.05, 3.63) is 11.1 Å². The Balaban J connectivity index is 3.10. The van der Waals surface area contributed by atoms with Crippen LogP contribution in [0, 0.1) is 0 Å². The van der Waals surface area contributed by atoms with E-state index in [0.717, 1.165) is 77.0 Å². The smallest absolute Gasteiger partial charge is 0.340 e. The molecule has 0 radical (unpaired) electrons. The molecule has 202 valence electrons. The number of phenols is 2. The van der Waals surface area contributed by atoms with Crippen molar-refractivity contribution in [1.29, 1.82) is 0 Å². The van der Waals surface area contributed by atoms with E-state index < -0.39 is 17.5 Å². The number of carboxylic acid groups (broad SMARTS) is 1. The lowest BCUT2D eigenvalue weighted by atomic mass is 9.97. The molecule has 0 aromatic heterocycles. The highest BCUT2D eigenvalue weighted by Gasteiger charge is 2.29. The minimum absolute atomic E-state index is 0.0810. The van der Waals surface area contributed by atoms with E-state index >= 15 is 0 Å². The summed E-state index contributed by atoms with van der Waals surface area (Å²) in [5.41, 5.74) is 0.158. The zero-order chi connectivity index (χ0) is 25.9. The predicted octanol–water partition coefficient (Wildman–Crippen LogP) is 8.40. The van der Waals surface area contributed by atoms with Crippen molar-refractivity contribution >= 4 is 5.97 Å². The van der Waals surface area contributed by atoms with E-state index in [2.05, 4.69) is 20.8 Å². The third kappa shape index (κ3) is 11.4. The molecule has 1 rings (SSSR count). The molecule has 0 spiro atoms. The zero-order valence-corrected chi connectivity index (χ0v) is 22.5. The van der Waals surface area contributed by atoms with Crippen LogP contribution in [0.1, 0.15) is 139 Å². The molecule has 1 aromatic carbocycles. The van der Waals surface area contributed by atoms with Gasteiger partial charge in [0, 0.05) is 5.56 Å². The van der Waals surface area contributed by atoms with Gasteiger partial charge in [0.15, 0.2) is 11.5 Å². The molecule has 0 atom stereocenters. The van der Waals surface area contributed by atoms with Crippen molar-refractivity contribution in [3.8, 4) is 23.0 Å². The van der Waals surface area contributed by atoms with Gasteiger partial charge in [-0.1, -0.05) is 104 Å². The van der Waals surface area contributed by atoms with Crippen LogP contribution in [0.15, 0.2) is 0 Å². The van der Waals surface area contributed by atoms with E-state index in [4.69, 9.17) is 9.47 Å². The van der Waals surface area contributed by atoms with Gasteiger partial charge in [0.25, 0.3) is 0 Å². The maximum Gasteiger partial charge on any atom is 0.340 e. The SMILES string of the molecule is CCCCCCCCc1c(OCCCCCCC)c(OCCCCCCC)c(O)c(O)c1C(=O)O. The second-order valence-corrected chi connectivity index (χ2v) is 9.56. The Bertz CT molecular complexity index is 716. The normalized spacial score (nSPS) is 11.1. The van der Waals surface area contributed by atoms with E-state index in [1.807, 2.05) is 0 Å². The summed E-state index contributed by atoms with van der Waals surface area (Å²) < 4.78 is 12.0. The zero-order valence-electron chi connectivity index (χ0n) is 22.5. The molecule has 0 bridgehead atoms. The molecule has 0 aliphatic heterocycles. The Morgan fingerprint density at radius 1 is 0.600 bits per heavy atom. The Morgan fingerprint density at radius 3 is 1.51 bits per heavy atom. The fourth-order valence-corrected chi connectivity index (χ4v) is 4.32. The number of hydrogen-bond donors (Lipinski definition) is 3. The predicted molar refractivity (Wildman–Crippen MR) is 142 cm³/mol. The summed E-state index contributed by atoms with van der Waals surface area (Å²) >= 11 is 0. The molecule has 1 aromatic rings. The molecule has 0 saturated carbocycles. The molecule has 3 N–H and O–H groups in total. The summed E-state index contributed by atoms with van der Waals surface area (Å²) in [6, 6.07) is 0. The van der Waals surface area contributed by atoms with E-state index in [9.17, 15) is 20.1 Å². The number of ether oxygens (including phenoxy) is 2. The van der Waals surface area contributed by atoms with Crippen LogP contribution < -0.4 is 9.47 Å². The Morgan fingerprint density at radius 2 is 1.03 bits per heavy atom. The number of aromatic hydroxyl groups is 2. The van der Waals surface area contributed by atoms with E-state index in [-0.39, 0.29) is 17.1 Å². The van der Waals surface area contributed by atoms with Crippen LogP contribution >= 0.6 is 0 Å². The Hall–Kier alpha value is -2.11. The largest absolute Gasteiger partial charge is 0.504 e. The summed E-state index contributed by atoms with van der Waals surface area (Å²) in [5, 5.41) is 31.2. The number of rotatable bonds is 22. The third-order valence-corrected chi connectivity index (χ3v) is 6.44. The summed E-state index contributed by atoms with van der Waals surface area (Å²) in [6.45, 7) is 7.31. The molecule has 0 heterocycles. The molecule has 0 amide bonds. The van der Waals surface area contributed by atoms with Gasteiger partial charge in [-0.25, -0.2) is 4.79 Å². The van der Waals surface area contributed by atoms with Crippen molar-refractivity contribution in [2.75, 3.05) is 13.2 Å². The Kier molecular flexibility index (Phi) is 16.9. The quantitative estimate of drug-likeness (QED) is 0.111. The number of carbonyl (C=O) groups is 1. The van der Waals surface area contributed by atoms with Crippen LogP contribution in [-0.4, -0.2) is 34.5 Å². The molecule has 0 fully saturated rings. The van der Waals surface area contributed by atoms with E-state index in [1.165, 1.54) is 25.7 Å². The fourth-order valence-electron chi connectivity index (χ4n) is 4.32. The highest BCUT2D eigenvalue weighted by Crippen LogP contribution is 2.49. The first-order chi connectivity index (χ1) is 17.0. The van der Waals surface area contributed by atoms with Gasteiger partial charge < -0.3 is 24.8 Å². The summed E-state index contributed by atoms with van der Waals surface area (Å²) in [7, 11) is 0. The first-order valence-corrected chi connectivity index (χ1v) is 14.1. The third-order valence-electron chi connectivity index (χ3n) is 6.44. The number of aromatic carboxylic acids is 1. The molecule has 0 saturated heterocycles. The monoisotopic (exact) mass is 494 g/mol. The lowest BCUT2D eigenvalue weighted by Gasteiger charge is -2.21. The fraction of sp³-hybridized carbons (Fsp3) is 0.759. The van der Waals surface area contributed by atoms with Gasteiger partial charge in [0.1, 0.15) is 5.56 Å². The summed E-state index contributed by atoms with van der Waals surface area (Å²) in [5.74, 6) is -2.07. The highest BCUT2D eigenvalue weighted by molar-refractivity contribution is 5.96. The number of phenolic OH excluding ortho intramolecular Hbond substituents is 1. The van der Waals surface area contributed by atoms with Crippen molar-refractivity contribution in [2.24, 2.45) is 0 Å². The topological polar surface area (TPSA) is 96.2 Å². The number of benzene rings is 1. The van der Waals surface area contributed by atoms with Crippen LogP contribution in [0.3, 0.4) is 0 Å². The maximum absolute atomic E-state index is 12.1. The lowest BCUT2D eigenvalue weighted by Crippen LogP contribution is -2.11. The summed E-state index contributed by atoms with van der Waals surface area (Å²) in [4.78, 5) is 12.1. The van der Waals surface area contributed by atoms with Crippen molar-refractivity contribution < 1.29 is 29.6 Å². The van der Waals surface area contributed by atoms with Crippen LogP contribution in [0.5, 0.6) is 23.0 Å². The van der Waals surface area contributed by atoms with Gasteiger partial charge in [0.2, 0.25) is 11.5 Å². The molecule has 0 aliphatic carbocycles. The highest BCUT2D eigenvalue weighted by atomic mass is 16.5. The van der Waals surface area contributed by atoms with Crippen molar-refractivity contribution in [1.82, 2.24) is 0 Å². The van der Waals surface area contributed by atoms with Gasteiger partial charge in [-0.3, -0.25) is 0 Å². The average molecular weight is 495 g/mol. The minimum atomic E-state index is -1.27. The van der Waals surface area contributed by atoms with E-state index in [0.29, 0.717) is 25.2 Å². The number of unbranched alkanes of at least 4 members (excludes halogenated alkanes) is 13. The lowest BCUT2D eigenvalue weighted by molar-refractivity contribution is 0.0690.